The first kappa shape index (κ1) is 18.1. The van der Waals surface area contributed by atoms with Crippen LogP contribution in [0.2, 0.25) is 0 Å². The molecule has 0 fully saturated rings. The van der Waals surface area contributed by atoms with Gasteiger partial charge in [0.15, 0.2) is 11.6 Å². The van der Waals surface area contributed by atoms with E-state index in [9.17, 15) is 9.59 Å². The highest BCUT2D eigenvalue weighted by molar-refractivity contribution is 5.91. The Morgan fingerprint density at radius 3 is 2.04 bits per heavy atom. The highest BCUT2D eigenvalue weighted by Gasteiger charge is 2.06. The van der Waals surface area contributed by atoms with Crippen LogP contribution in [-0.4, -0.2) is 22.0 Å². The van der Waals surface area contributed by atoms with Crippen LogP contribution in [0.1, 0.15) is 12.5 Å². The molecule has 2 amide bonds. The van der Waals surface area contributed by atoms with Crippen LogP contribution in [0.3, 0.4) is 0 Å². The minimum Gasteiger partial charge on any atom is -0.339 e. The number of aromatic nitrogens is 2. The van der Waals surface area contributed by atoms with E-state index >= 15 is 0 Å². The lowest BCUT2D eigenvalue weighted by Crippen LogP contribution is -2.15. The number of hydrogen-bond acceptors (Lipinski definition) is 5. The molecule has 0 saturated carbocycles. The smallest absolute Gasteiger partial charge is 0.229 e. The summed E-state index contributed by atoms with van der Waals surface area (Å²) < 4.78 is 0. The molecule has 136 valence electrons. The Hall–Kier alpha value is -3.74. The molecule has 7 heteroatoms. The van der Waals surface area contributed by atoms with Crippen molar-refractivity contribution in [3.05, 3.63) is 72.3 Å². The monoisotopic (exact) mass is 361 g/mol. The molecule has 0 aliphatic carbocycles. The average Bonchev–Trinajstić information content (AvgIpc) is 2.65. The van der Waals surface area contributed by atoms with Gasteiger partial charge in [0.25, 0.3) is 0 Å². The fraction of sp³-hybridized carbons (Fsp3) is 0.100. The molecular formula is C20H19N5O2. The first-order valence-electron chi connectivity index (χ1n) is 8.41. The van der Waals surface area contributed by atoms with E-state index in [1.54, 1.807) is 24.3 Å². The number of rotatable bonds is 6. The standard InChI is InChI=1S/C20H19N5O2/c1-14(26)21-16-7-9-17(10-8-16)22-18-11-12-19(25-24-18)23-20(27)13-15-5-3-2-4-6-15/h2-12H,13H2,1H3,(H,21,26)(H,22,24)(H,23,25,27). The van der Waals surface area contributed by atoms with E-state index in [-0.39, 0.29) is 18.2 Å². The fourth-order valence-corrected chi connectivity index (χ4v) is 2.42. The van der Waals surface area contributed by atoms with Gasteiger partial charge in [0, 0.05) is 18.3 Å². The van der Waals surface area contributed by atoms with Crippen molar-refractivity contribution in [1.82, 2.24) is 10.2 Å². The summed E-state index contributed by atoms with van der Waals surface area (Å²) in [5.74, 6) is 0.669. The van der Waals surface area contributed by atoms with E-state index in [1.807, 2.05) is 42.5 Å². The Labute approximate surface area is 156 Å². The molecule has 0 aliphatic rings. The van der Waals surface area contributed by atoms with Gasteiger partial charge in [-0.1, -0.05) is 30.3 Å². The van der Waals surface area contributed by atoms with Crippen molar-refractivity contribution in [2.75, 3.05) is 16.0 Å². The van der Waals surface area contributed by atoms with Gasteiger partial charge in [-0.2, -0.15) is 0 Å². The van der Waals surface area contributed by atoms with E-state index < -0.39 is 0 Å². The Morgan fingerprint density at radius 2 is 1.41 bits per heavy atom. The molecule has 0 bridgehead atoms. The molecule has 0 atom stereocenters. The third-order valence-corrected chi connectivity index (χ3v) is 3.62. The molecule has 0 unspecified atom stereocenters. The summed E-state index contributed by atoms with van der Waals surface area (Å²) in [4.78, 5) is 23.1. The molecular weight excluding hydrogens is 342 g/mol. The van der Waals surface area contributed by atoms with Crippen molar-refractivity contribution in [2.45, 2.75) is 13.3 Å². The number of hydrogen-bond donors (Lipinski definition) is 3. The summed E-state index contributed by atoms with van der Waals surface area (Å²) in [6, 6.07) is 20.1. The van der Waals surface area contributed by atoms with Crippen LogP contribution >= 0.6 is 0 Å². The highest BCUT2D eigenvalue weighted by atomic mass is 16.2. The second-order valence-electron chi connectivity index (χ2n) is 5.90. The molecule has 0 saturated heterocycles. The lowest BCUT2D eigenvalue weighted by molar-refractivity contribution is -0.116. The van der Waals surface area contributed by atoms with Crippen molar-refractivity contribution in [3.63, 3.8) is 0 Å². The van der Waals surface area contributed by atoms with Gasteiger partial charge in [-0.3, -0.25) is 9.59 Å². The summed E-state index contributed by atoms with van der Waals surface area (Å²) in [5, 5.41) is 16.6. The maximum Gasteiger partial charge on any atom is 0.229 e. The number of anilines is 4. The van der Waals surface area contributed by atoms with E-state index in [0.29, 0.717) is 11.6 Å². The van der Waals surface area contributed by atoms with Crippen LogP contribution in [0.15, 0.2) is 66.7 Å². The van der Waals surface area contributed by atoms with Gasteiger partial charge in [0.05, 0.1) is 6.42 Å². The number of carbonyl (C=O) groups is 2. The average molecular weight is 361 g/mol. The molecule has 0 spiro atoms. The molecule has 3 N–H and O–H groups in total. The number of amides is 2. The van der Waals surface area contributed by atoms with E-state index in [4.69, 9.17) is 0 Å². The molecule has 3 aromatic rings. The Morgan fingerprint density at radius 1 is 0.778 bits per heavy atom. The Kier molecular flexibility index (Phi) is 5.73. The van der Waals surface area contributed by atoms with Gasteiger partial charge in [0.2, 0.25) is 11.8 Å². The number of carbonyl (C=O) groups excluding carboxylic acids is 2. The molecule has 1 aromatic heterocycles. The zero-order valence-electron chi connectivity index (χ0n) is 14.8. The van der Waals surface area contributed by atoms with Crippen LogP contribution in [0.4, 0.5) is 23.0 Å². The van der Waals surface area contributed by atoms with E-state index in [1.165, 1.54) is 6.92 Å². The zero-order chi connectivity index (χ0) is 19.1. The molecule has 1 heterocycles. The maximum absolute atomic E-state index is 12.0. The number of benzene rings is 2. The van der Waals surface area contributed by atoms with Gasteiger partial charge >= 0.3 is 0 Å². The van der Waals surface area contributed by atoms with Crippen LogP contribution in [0.5, 0.6) is 0 Å². The maximum atomic E-state index is 12.0. The van der Waals surface area contributed by atoms with Crippen LogP contribution < -0.4 is 16.0 Å². The third kappa shape index (κ3) is 5.64. The van der Waals surface area contributed by atoms with Gasteiger partial charge in [-0.05, 0) is 42.0 Å². The largest absolute Gasteiger partial charge is 0.339 e. The number of nitrogens with zero attached hydrogens (tertiary/aromatic N) is 2. The van der Waals surface area contributed by atoms with E-state index in [2.05, 4.69) is 26.1 Å². The third-order valence-electron chi connectivity index (χ3n) is 3.62. The molecule has 2 aromatic carbocycles. The van der Waals surface area contributed by atoms with Crippen molar-refractivity contribution < 1.29 is 9.59 Å². The molecule has 3 rings (SSSR count). The fourth-order valence-electron chi connectivity index (χ4n) is 2.42. The second-order valence-corrected chi connectivity index (χ2v) is 5.90. The first-order chi connectivity index (χ1) is 13.1. The molecule has 0 aliphatic heterocycles. The van der Waals surface area contributed by atoms with Crippen molar-refractivity contribution in [1.29, 1.82) is 0 Å². The van der Waals surface area contributed by atoms with Crippen molar-refractivity contribution in [3.8, 4) is 0 Å². The summed E-state index contributed by atoms with van der Waals surface area (Å²) in [6.45, 7) is 1.46. The second kappa shape index (κ2) is 8.57. The predicted octanol–water partition coefficient (Wildman–Crippen LogP) is 3.36. The van der Waals surface area contributed by atoms with Crippen molar-refractivity contribution in [2.24, 2.45) is 0 Å². The molecule has 0 radical (unpaired) electrons. The topological polar surface area (TPSA) is 96.0 Å². The minimum atomic E-state index is -0.148. The quantitative estimate of drug-likeness (QED) is 0.626. The molecule has 27 heavy (non-hydrogen) atoms. The lowest BCUT2D eigenvalue weighted by Gasteiger charge is -2.08. The van der Waals surface area contributed by atoms with Gasteiger partial charge in [-0.25, -0.2) is 0 Å². The Balaban J connectivity index is 1.55. The summed E-state index contributed by atoms with van der Waals surface area (Å²) in [6.07, 6.45) is 0.281. The minimum absolute atomic E-state index is 0.119. The summed E-state index contributed by atoms with van der Waals surface area (Å²) in [7, 11) is 0. The normalized spacial score (nSPS) is 10.1. The van der Waals surface area contributed by atoms with Gasteiger partial charge in [0.1, 0.15) is 0 Å². The SMILES string of the molecule is CC(=O)Nc1ccc(Nc2ccc(NC(=O)Cc3ccccc3)nn2)cc1. The van der Waals surface area contributed by atoms with Gasteiger partial charge in [-0.15, -0.1) is 10.2 Å². The first-order valence-corrected chi connectivity index (χ1v) is 8.41. The predicted molar refractivity (Wildman–Crippen MR) is 105 cm³/mol. The van der Waals surface area contributed by atoms with Crippen LogP contribution in [0.25, 0.3) is 0 Å². The lowest BCUT2D eigenvalue weighted by atomic mass is 10.1. The van der Waals surface area contributed by atoms with E-state index in [0.717, 1.165) is 16.9 Å². The highest BCUT2D eigenvalue weighted by Crippen LogP contribution is 2.18. The number of nitrogens with one attached hydrogen (secondary N) is 3. The van der Waals surface area contributed by atoms with Gasteiger partial charge < -0.3 is 16.0 Å². The summed E-state index contributed by atoms with van der Waals surface area (Å²) in [5.41, 5.74) is 2.46. The van der Waals surface area contributed by atoms with Crippen molar-refractivity contribution >= 4 is 34.8 Å². The summed E-state index contributed by atoms with van der Waals surface area (Å²) >= 11 is 0. The Bertz CT molecular complexity index is 909. The zero-order valence-corrected chi connectivity index (χ0v) is 14.8. The van der Waals surface area contributed by atoms with Crippen LogP contribution in [0, 0.1) is 0 Å². The molecule has 7 nitrogen and oxygen atoms in total. The van der Waals surface area contributed by atoms with Crippen LogP contribution in [-0.2, 0) is 16.0 Å².